The van der Waals surface area contributed by atoms with Gasteiger partial charge in [0.1, 0.15) is 18.3 Å². The van der Waals surface area contributed by atoms with E-state index in [9.17, 15) is 18.0 Å². The van der Waals surface area contributed by atoms with Crippen LogP contribution in [0.4, 0.5) is 5.69 Å². The Labute approximate surface area is 282 Å². The first-order valence-corrected chi connectivity index (χ1v) is 17.6. The molecule has 10 heteroatoms. The molecule has 47 heavy (non-hydrogen) atoms. The highest BCUT2D eigenvalue weighted by molar-refractivity contribution is 7.92. The number of nitrogens with one attached hydrogen (secondary N) is 1. The van der Waals surface area contributed by atoms with Crippen molar-refractivity contribution in [2.45, 2.75) is 62.6 Å². The van der Waals surface area contributed by atoms with Crippen molar-refractivity contribution >= 4 is 39.1 Å². The second kappa shape index (κ2) is 15.5. The number of carbonyl (C=O) groups excluding carboxylic acids is 2. The van der Waals surface area contributed by atoms with Crippen LogP contribution in [0.2, 0.25) is 5.02 Å². The molecule has 0 aliphatic heterocycles. The van der Waals surface area contributed by atoms with Gasteiger partial charge in [-0.05, 0) is 66.8 Å². The zero-order valence-corrected chi connectivity index (χ0v) is 28.2. The van der Waals surface area contributed by atoms with Gasteiger partial charge in [-0.3, -0.25) is 13.9 Å². The number of carbonyl (C=O) groups is 2. The smallest absolute Gasteiger partial charge is 0.264 e. The van der Waals surface area contributed by atoms with E-state index in [0.29, 0.717) is 16.3 Å². The fourth-order valence-electron chi connectivity index (χ4n) is 5.96. The van der Waals surface area contributed by atoms with E-state index in [-0.39, 0.29) is 35.5 Å². The van der Waals surface area contributed by atoms with E-state index in [1.54, 1.807) is 48.5 Å². The Bertz CT molecular complexity index is 1780. The van der Waals surface area contributed by atoms with Crippen LogP contribution >= 0.6 is 11.6 Å². The lowest BCUT2D eigenvalue weighted by Crippen LogP contribution is -2.54. The average molecular weight is 674 g/mol. The van der Waals surface area contributed by atoms with Crippen molar-refractivity contribution in [3.63, 3.8) is 0 Å². The van der Waals surface area contributed by atoms with E-state index < -0.39 is 28.5 Å². The molecule has 4 aromatic carbocycles. The zero-order chi connectivity index (χ0) is 33.4. The fraction of sp³-hybridized carbons (Fsp3) is 0.297. The topological polar surface area (TPSA) is 96.0 Å². The van der Waals surface area contributed by atoms with Crippen molar-refractivity contribution in [2.24, 2.45) is 0 Å². The number of aryl methyl sites for hydroxylation is 1. The number of benzene rings is 4. The second-order valence-corrected chi connectivity index (χ2v) is 14.1. The number of anilines is 1. The Balaban J connectivity index is 1.61. The first kappa shape index (κ1) is 34.0. The molecule has 0 heterocycles. The molecular weight excluding hydrogens is 634 g/mol. The minimum absolute atomic E-state index is 0.00172. The minimum atomic E-state index is -4.26. The van der Waals surface area contributed by atoms with Crippen LogP contribution in [0.5, 0.6) is 5.75 Å². The van der Waals surface area contributed by atoms with Gasteiger partial charge in [-0.25, -0.2) is 8.42 Å². The van der Waals surface area contributed by atoms with Crippen molar-refractivity contribution in [3.05, 3.63) is 125 Å². The van der Waals surface area contributed by atoms with Gasteiger partial charge in [0.05, 0.1) is 17.7 Å². The Hall–Kier alpha value is -4.34. The number of rotatable bonds is 13. The summed E-state index contributed by atoms with van der Waals surface area (Å²) in [7, 11) is -2.80. The predicted molar refractivity (Wildman–Crippen MR) is 185 cm³/mol. The van der Waals surface area contributed by atoms with Crippen LogP contribution in [0.1, 0.15) is 42.4 Å². The van der Waals surface area contributed by atoms with Gasteiger partial charge in [-0.2, -0.15) is 0 Å². The quantitative estimate of drug-likeness (QED) is 0.174. The van der Waals surface area contributed by atoms with Crippen LogP contribution in [-0.2, 0) is 32.6 Å². The Morgan fingerprint density at radius 3 is 2.21 bits per heavy atom. The van der Waals surface area contributed by atoms with Crippen molar-refractivity contribution in [3.8, 4) is 5.75 Å². The molecule has 246 valence electrons. The molecule has 1 N–H and O–H groups in total. The molecule has 5 rings (SSSR count). The minimum Gasteiger partial charge on any atom is -0.495 e. The lowest BCUT2D eigenvalue weighted by molar-refractivity contribution is -0.140. The molecular formula is C37H40ClN3O5S. The highest BCUT2D eigenvalue weighted by atomic mass is 35.5. The van der Waals surface area contributed by atoms with Gasteiger partial charge >= 0.3 is 0 Å². The molecule has 0 spiro atoms. The lowest BCUT2D eigenvalue weighted by atomic mass is 10.0. The largest absolute Gasteiger partial charge is 0.495 e. The summed E-state index contributed by atoms with van der Waals surface area (Å²) < 4.78 is 35.3. The maximum Gasteiger partial charge on any atom is 0.264 e. The maximum atomic E-state index is 14.7. The summed E-state index contributed by atoms with van der Waals surface area (Å²) in [5.41, 5.74) is 2.51. The van der Waals surface area contributed by atoms with Crippen LogP contribution < -0.4 is 14.4 Å². The van der Waals surface area contributed by atoms with Gasteiger partial charge in [0.25, 0.3) is 10.0 Å². The van der Waals surface area contributed by atoms with Gasteiger partial charge in [-0.15, -0.1) is 0 Å². The number of halogens is 1. The summed E-state index contributed by atoms with van der Waals surface area (Å²) in [5.74, 6) is -0.553. The first-order valence-electron chi connectivity index (χ1n) is 15.8. The van der Waals surface area contributed by atoms with Crippen molar-refractivity contribution < 1.29 is 22.7 Å². The second-order valence-electron chi connectivity index (χ2n) is 11.8. The molecule has 1 saturated carbocycles. The van der Waals surface area contributed by atoms with E-state index in [0.717, 1.165) is 41.1 Å². The third kappa shape index (κ3) is 8.34. The number of hydrogen-bond donors (Lipinski definition) is 1. The lowest BCUT2D eigenvalue weighted by Gasteiger charge is -2.34. The summed E-state index contributed by atoms with van der Waals surface area (Å²) >= 11 is 6.60. The Morgan fingerprint density at radius 2 is 1.55 bits per heavy atom. The summed E-state index contributed by atoms with van der Waals surface area (Å²) in [6.45, 7) is 1.26. The number of methoxy groups -OCH3 is 1. The van der Waals surface area contributed by atoms with E-state index in [4.69, 9.17) is 16.3 Å². The van der Waals surface area contributed by atoms with E-state index in [1.165, 1.54) is 24.1 Å². The van der Waals surface area contributed by atoms with Crippen LogP contribution in [0.25, 0.3) is 0 Å². The van der Waals surface area contributed by atoms with E-state index in [2.05, 4.69) is 5.32 Å². The molecule has 8 nitrogen and oxygen atoms in total. The summed E-state index contributed by atoms with van der Waals surface area (Å²) in [5, 5.41) is 3.62. The Kier molecular flexibility index (Phi) is 11.2. The van der Waals surface area contributed by atoms with Crippen LogP contribution in [-0.4, -0.2) is 50.9 Å². The number of hydrogen-bond acceptors (Lipinski definition) is 5. The normalized spacial score (nSPS) is 13.9. The molecule has 0 aromatic heterocycles. The van der Waals surface area contributed by atoms with Gasteiger partial charge < -0.3 is 15.0 Å². The van der Waals surface area contributed by atoms with Crippen LogP contribution in [0, 0.1) is 6.92 Å². The van der Waals surface area contributed by atoms with Crippen molar-refractivity contribution in [2.75, 3.05) is 18.0 Å². The highest BCUT2D eigenvalue weighted by Gasteiger charge is 2.36. The number of sulfonamides is 1. The molecule has 1 aliphatic carbocycles. The maximum absolute atomic E-state index is 14.7. The van der Waals surface area contributed by atoms with Gasteiger partial charge in [0.15, 0.2) is 0 Å². The Morgan fingerprint density at radius 1 is 0.915 bits per heavy atom. The summed E-state index contributed by atoms with van der Waals surface area (Å²) in [4.78, 5) is 30.4. The molecule has 1 fully saturated rings. The van der Waals surface area contributed by atoms with Crippen molar-refractivity contribution in [1.82, 2.24) is 10.2 Å². The molecule has 1 aliphatic rings. The third-order valence-corrected chi connectivity index (χ3v) is 10.6. The molecule has 0 saturated heterocycles. The molecule has 0 unspecified atom stereocenters. The third-order valence-electron chi connectivity index (χ3n) is 8.48. The van der Waals surface area contributed by atoms with Gasteiger partial charge in [0, 0.05) is 24.0 Å². The predicted octanol–water partition coefficient (Wildman–Crippen LogP) is 6.55. The first-order chi connectivity index (χ1) is 22.7. The van der Waals surface area contributed by atoms with E-state index in [1.807, 2.05) is 49.4 Å². The van der Waals surface area contributed by atoms with Gasteiger partial charge in [0.2, 0.25) is 11.8 Å². The zero-order valence-electron chi connectivity index (χ0n) is 26.6. The van der Waals surface area contributed by atoms with Crippen molar-refractivity contribution in [1.29, 1.82) is 0 Å². The SMILES string of the molecule is COc1ccc(C)cc1N(CC(=O)N(Cc1ccccc1Cl)[C@@H](Cc1ccccc1)C(=O)NC1CCCC1)S(=O)(=O)c1ccccc1. The van der Waals surface area contributed by atoms with Crippen LogP contribution in [0.15, 0.2) is 108 Å². The number of ether oxygens (including phenoxy) is 1. The summed E-state index contributed by atoms with van der Waals surface area (Å²) in [6, 6.07) is 28.9. The number of nitrogens with zero attached hydrogens (tertiary/aromatic N) is 2. The monoisotopic (exact) mass is 673 g/mol. The standard InChI is InChI=1S/C37H40ClN3O5S/c1-27-21-22-35(46-2)33(23-27)41(47(44,45)31-18-7-4-8-19-31)26-36(42)40(25-29-15-9-12-20-32(29)38)34(24-28-13-5-3-6-14-28)37(43)39-30-16-10-11-17-30/h3-9,12-15,18-23,30,34H,10-11,16-17,24-26H2,1-2H3,(H,39,43)/t34-/m0/s1. The molecule has 0 radical (unpaired) electrons. The molecule has 4 aromatic rings. The van der Waals surface area contributed by atoms with Crippen LogP contribution in [0.3, 0.4) is 0 Å². The van der Waals surface area contributed by atoms with Gasteiger partial charge in [-0.1, -0.05) is 97.2 Å². The number of amides is 2. The fourth-order valence-corrected chi connectivity index (χ4v) is 7.59. The summed E-state index contributed by atoms with van der Waals surface area (Å²) in [6.07, 6.45) is 4.04. The molecule has 2 amide bonds. The highest BCUT2D eigenvalue weighted by Crippen LogP contribution is 2.34. The molecule has 0 bridgehead atoms. The molecule has 1 atom stereocenters. The van der Waals surface area contributed by atoms with E-state index >= 15 is 0 Å². The average Bonchev–Trinajstić information content (AvgIpc) is 3.59.